The minimum Gasteiger partial charge on any atom is -0.325 e. The third-order valence-electron chi connectivity index (χ3n) is 2.84. The van der Waals surface area contributed by atoms with Gasteiger partial charge in [-0.1, -0.05) is 23.9 Å². The van der Waals surface area contributed by atoms with E-state index in [1.54, 1.807) is 23.1 Å². The maximum absolute atomic E-state index is 5.84. The van der Waals surface area contributed by atoms with Crippen LogP contribution in [0.25, 0.3) is 10.2 Å². The highest BCUT2D eigenvalue weighted by Gasteiger charge is 2.08. The SMILES string of the molecule is Cn1c(CCl)cnc1SCc1nc2ccccc2s1. The van der Waals surface area contributed by atoms with Gasteiger partial charge in [-0.25, -0.2) is 9.97 Å². The second-order valence-corrected chi connectivity index (χ2v) is 6.41. The molecule has 2 aromatic heterocycles. The van der Waals surface area contributed by atoms with Gasteiger partial charge in [0.1, 0.15) is 5.01 Å². The van der Waals surface area contributed by atoms with Crippen LogP contribution in [0.2, 0.25) is 0 Å². The summed E-state index contributed by atoms with van der Waals surface area (Å²) in [6.45, 7) is 0. The number of thioether (sulfide) groups is 1. The van der Waals surface area contributed by atoms with Crippen molar-refractivity contribution in [2.24, 2.45) is 7.05 Å². The zero-order chi connectivity index (χ0) is 13.2. The van der Waals surface area contributed by atoms with Gasteiger partial charge in [-0.15, -0.1) is 22.9 Å². The van der Waals surface area contributed by atoms with Crippen LogP contribution in [0, 0.1) is 0 Å². The van der Waals surface area contributed by atoms with Gasteiger partial charge in [0.05, 0.1) is 33.7 Å². The van der Waals surface area contributed by atoms with E-state index in [0.29, 0.717) is 5.88 Å². The van der Waals surface area contributed by atoms with Gasteiger partial charge in [0.15, 0.2) is 5.16 Å². The van der Waals surface area contributed by atoms with Crippen LogP contribution in [-0.2, 0) is 18.7 Å². The van der Waals surface area contributed by atoms with Crippen LogP contribution in [0.1, 0.15) is 10.7 Å². The second kappa shape index (κ2) is 5.53. The van der Waals surface area contributed by atoms with Gasteiger partial charge in [0.25, 0.3) is 0 Å². The van der Waals surface area contributed by atoms with E-state index in [1.165, 1.54) is 4.70 Å². The van der Waals surface area contributed by atoms with E-state index < -0.39 is 0 Å². The Bertz CT molecular complexity index is 672. The smallest absolute Gasteiger partial charge is 0.168 e. The van der Waals surface area contributed by atoms with Crippen LogP contribution < -0.4 is 0 Å². The Labute approximate surface area is 124 Å². The van der Waals surface area contributed by atoms with Crippen molar-refractivity contribution in [3.8, 4) is 0 Å². The van der Waals surface area contributed by atoms with E-state index in [1.807, 2.05) is 36.0 Å². The molecule has 2 heterocycles. The third kappa shape index (κ3) is 2.63. The average Bonchev–Trinajstić information content (AvgIpc) is 2.99. The van der Waals surface area contributed by atoms with Gasteiger partial charge in [-0.05, 0) is 12.1 Å². The lowest BCUT2D eigenvalue weighted by molar-refractivity contribution is 0.761. The average molecular weight is 310 g/mol. The minimum atomic E-state index is 0.491. The maximum atomic E-state index is 5.84. The number of hydrogen-bond acceptors (Lipinski definition) is 4. The molecule has 6 heteroatoms. The zero-order valence-electron chi connectivity index (χ0n) is 10.3. The molecule has 0 atom stereocenters. The Morgan fingerprint density at radius 3 is 2.95 bits per heavy atom. The predicted octanol–water partition coefficient (Wildman–Crippen LogP) is 4.06. The van der Waals surface area contributed by atoms with E-state index in [-0.39, 0.29) is 0 Å². The Kier molecular flexibility index (Phi) is 3.77. The van der Waals surface area contributed by atoms with Crippen molar-refractivity contribution in [3.05, 3.63) is 41.2 Å². The Morgan fingerprint density at radius 1 is 1.37 bits per heavy atom. The monoisotopic (exact) mass is 309 g/mol. The van der Waals surface area contributed by atoms with Gasteiger partial charge in [0.2, 0.25) is 0 Å². The van der Waals surface area contributed by atoms with Gasteiger partial charge in [-0.3, -0.25) is 0 Å². The molecular weight excluding hydrogens is 298 g/mol. The lowest BCUT2D eigenvalue weighted by Crippen LogP contribution is -1.95. The van der Waals surface area contributed by atoms with Crippen molar-refractivity contribution < 1.29 is 0 Å². The lowest BCUT2D eigenvalue weighted by atomic mass is 10.3. The van der Waals surface area contributed by atoms with Crippen molar-refractivity contribution in [2.75, 3.05) is 0 Å². The maximum Gasteiger partial charge on any atom is 0.168 e. The first-order valence-electron chi connectivity index (χ1n) is 5.81. The van der Waals surface area contributed by atoms with Crippen molar-refractivity contribution in [3.63, 3.8) is 0 Å². The number of hydrogen-bond donors (Lipinski definition) is 0. The Morgan fingerprint density at radius 2 is 2.21 bits per heavy atom. The number of thiazole rings is 1. The summed E-state index contributed by atoms with van der Waals surface area (Å²) in [6.07, 6.45) is 1.83. The summed E-state index contributed by atoms with van der Waals surface area (Å²) in [6, 6.07) is 8.22. The molecule has 0 aliphatic carbocycles. The Balaban J connectivity index is 1.76. The number of halogens is 1. The first-order chi connectivity index (χ1) is 9.28. The summed E-state index contributed by atoms with van der Waals surface area (Å²) in [7, 11) is 1.99. The van der Waals surface area contributed by atoms with Crippen LogP contribution in [-0.4, -0.2) is 14.5 Å². The molecule has 0 fully saturated rings. The molecule has 0 aliphatic rings. The highest BCUT2D eigenvalue weighted by atomic mass is 35.5. The lowest BCUT2D eigenvalue weighted by Gasteiger charge is -2.01. The molecular formula is C13H12ClN3S2. The molecule has 0 unspecified atom stereocenters. The second-order valence-electron chi connectivity index (χ2n) is 4.09. The molecule has 98 valence electrons. The highest BCUT2D eigenvalue weighted by Crippen LogP contribution is 2.28. The number of nitrogens with zero attached hydrogens (tertiary/aromatic N) is 3. The molecule has 0 amide bonds. The molecule has 0 aliphatic heterocycles. The molecule has 0 saturated carbocycles. The van der Waals surface area contributed by atoms with E-state index in [4.69, 9.17) is 11.6 Å². The summed E-state index contributed by atoms with van der Waals surface area (Å²) in [5, 5.41) is 2.11. The summed E-state index contributed by atoms with van der Waals surface area (Å²) < 4.78 is 3.27. The molecule has 0 radical (unpaired) electrons. The number of imidazole rings is 1. The molecule has 19 heavy (non-hydrogen) atoms. The number of para-hydroxylation sites is 1. The molecule has 3 nitrogen and oxygen atoms in total. The quantitative estimate of drug-likeness (QED) is 0.538. The van der Waals surface area contributed by atoms with Gasteiger partial charge in [-0.2, -0.15) is 0 Å². The zero-order valence-corrected chi connectivity index (χ0v) is 12.7. The van der Waals surface area contributed by atoms with Crippen molar-refractivity contribution in [1.82, 2.24) is 14.5 Å². The molecule has 1 aromatic carbocycles. The van der Waals surface area contributed by atoms with Gasteiger partial charge >= 0.3 is 0 Å². The molecule has 0 spiro atoms. The number of benzene rings is 1. The van der Waals surface area contributed by atoms with Crippen LogP contribution in [0.4, 0.5) is 0 Å². The topological polar surface area (TPSA) is 30.7 Å². The summed E-state index contributed by atoms with van der Waals surface area (Å²) >= 11 is 9.27. The van der Waals surface area contributed by atoms with E-state index >= 15 is 0 Å². The largest absolute Gasteiger partial charge is 0.325 e. The third-order valence-corrected chi connectivity index (χ3v) is 5.39. The first-order valence-corrected chi connectivity index (χ1v) is 8.15. The number of aromatic nitrogens is 3. The fourth-order valence-corrected chi connectivity index (χ4v) is 3.97. The number of alkyl halides is 1. The van der Waals surface area contributed by atoms with Crippen LogP contribution in [0.3, 0.4) is 0 Å². The van der Waals surface area contributed by atoms with Crippen LogP contribution in [0.5, 0.6) is 0 Å². The van der Waals surface area contributed by atoms with Crippen LogP contribution in [0.15, 0.2) is 35.6 Å². The predicted molar refractivity (Wildman–Crippen MR) is 81.9 cm³/mol. The normalized spacial score (nSPS) is 11.3. The molecule has 3 rings (SSSR count). The summed E-state index contributed by atoms with van der Waals surface area (Å²) in [5.74, 6) is 1.33. The molecule has 0 N–H and O–H groups in total. The molecule has 0 saturated heterocycles. The molecule has 0 bridgehead atoms. The van der Waals surface area contributed by atoms with Crippen LogP contribution >= 0.6 is 34.7 Å². The number of rotatable bonds is 4. The van der Waals surface area contributed by atoms with Crippen molar-refractivity contribution in [2.45, 2.75) is 16.8 Å². The number of fused-ring (bicyclic) bond motifs is 1. The van der Waals surface area contributed by atoms with Gasteiger partial charge in [0, 0.05) is 7.05 Å². The highest BCUT2D eigenvalue weighted by molar-refractivity contribution is 7.98. The van der Waals surface area contributed by atoms with Crippen molar-refractivity contribution in [1.29, 1.82) is 0 Å². The van der Waals surface area contributed by atoms with E-state index in [0.717, 1.165) is 27.1 Å². The first kappa shape index (κ1) is 13.0. The summed E-state index contributed by atoms with van der Waals surface area (Å²) in [5.41, 5.74) is 2.11. The van der Waals surface area contributed by atoms with E-state index in [9.17, 15) is 0 Å². The van der Waals surface area contributed by atoms with E-state index in [2.05, 4.69) is 16.0 Å². The van der Waals surface area contributed by atoms with Crippen molar-refractivity contribution >= 4 is 44.9 Å². The molecule has 3 aromatic rings. The van der Waals surface area contributed by atoms with Gasteiger partial charge < -0.3 is 4.57 Å². The standard InChI is InChI=1S/C13H12ClN3S2/c1-17-9(6-14)7-15-13(17)18-8-12-16-10-4-2-3-5-11(10)19-12/h2-5,7H,6,8H2,1H3. The fraction of sp³-hybridized carbons (Fsp3) is 0.231. The Hall–Kier alpha value is -1.04. The fourth-order valence-electron chi connectivity index (χ4n) is 1.79. The minimum absolute atomic E-state index is 0.491. The summed E-state index contributed by atoms with van der Waals surface area (Å²) in [4.78, 5) is 8.99.